The highest BCUT2D eigenvalue weighted by atomic mass is 19.4. The van der Waals surface area contributed by atoms with Gasteiger partial charge in [-0.2, -0.15) is 13.2 Å². The third kappa shape index (κ3) is 3.78. The van der Waals surface area contributed by atoms with Gasteiger partial charge in [0.25, 0.3) is 0 Å². The van der Waals surface area contributed by atoms with E-state index in [4.69, 9.17) is 5.11 Å². The van der Waals surface area contributed by atoms with E-state index >= 15 is 0 Å². The van der Waals surface area contributed by atoms with Crippen LogP contribution >= 0.6 is 0 Å². The lowest BCUT2D eigenvalue weighted by Gasteiger charge is -2.17. The van der Waals surface area contributed by atoms with Gasteiger partial charge in [-0.25, -0.2) is 4.79 Å². The molecule has 18 heavy (non-hydrogen) atoms. The van der Waals surface area contributed by atoms with Crippen molar-refractivity contribution in [2.75, 3.05) is 19.6 Å². The summed E-state index contributed by atoms with van der Waals surface area (Å²) in [5, 5.41) is 10.7. The van der Waals surface area contributed by atoms with Gasteiger partial charge in [-0.05, 0) is 5.92 Å². The summed E-state index contributed by atoms with van der Waals surface area (Å²) in [5.41, 5.74) is 0. The van der Waals surface area contributed by atoms with Crippen LogP contribution in [0.3, 0.4) is 0 Å². The Morgan fingerprint density at radius 1 is 1.39 bits per heavy atom. The predicted octanol–water partition coefficient (Wildman–Crippen LogP) is 1.30. The quantitative estimate of drug-likeness (QED) is 0.810. The number of amides is 2. The summed E-state index contributed by atoms with van der Waals surface area (Å²) >= 11 is 0. The first kappa shape index (κ1) is 14.6. The fraction of sp³-hybridized carbons (Fsp3) is 0.800. The molecule has 0 saturated carbocycles. The highest BCUT2D eigenvalue weighted by Gasteiger charge is 2.39. The van der Waals surface area contributed by atoms with E-state index in [1.807, 2.05) is 0 Å². The molecule has 1 rings (SSSR count). The number of urea groups is 1. The molecule has 8 heteroatoms. The van der Waals surface area contributed by atoms with Crippen LogP contribution in [-0.4, -0.2) is 47.8 Å². The number of nitrogens with one attached hydrogen (secondary N) is 1. The summed E-state index contributed by atoms with van der Waals surface area (Å²) in [6, 6.07) is -0.866. The van der Waals surface area contributed by atoms with E-state index in [9.17, 15) is 22.8 Å². The molecule has 0 spiro atoms. The van der Waals surface area contributed by atoms with Crippen molar-refractivity contribution in [1.82, 2.24) is 10.2 Å². The van der Waals surface area contributed by atoms with E-state index in [0.717, 1.165) is 4.90 Å². The maximum absolute atomic E-state index is 11.9. The van der Waals surface area contributed by atoms with Gasteiger partial charge < -0.3 is 15.3 Å². The second kappa shape index (κ2) is 5.45. The fourth-order valence-corrected chi connectivity index (χ4v) is 2.02. The maximum atomic E-state index is 11.9. The Hall–Kier alpha value is -1.47. The molecule has 0 aromatic carbocycles. The highest BCUT2D eigenvalue weighted by Crippen LogP contribution is 2.26. The zero-order valence-corrected chi connectivity index (χ0v) is 9.83. The molecule has 1 aliphatic heterocycles. The van der Waals surface area contributed by atoms with E-state index in [1.165, 1.54) is 0 Å². The standard InChI is InChI=1S/C10H15F3N2O3/c1-2-6-3-15(4-7(6)8(16)17)9(18)14-5-10(11,12)13/h6-7H,2-5H2,1H3,(H,14,18)(H,16,17)/t6-,7?/m1/s1. The van der Waals surface area contributed by atoms with Crippen LogP contribution in [0.25, 0.3) is 0 Å². The number of carboxylic acid groups (broad SMARTS) is 1. The van der Waals surface area contributed by atoms with Gasteiger partial charge in [0.2, 0.25) is 0 Å². The Labute approximate surface area is 102 Å². The van der Waals surface area contributed by atoms with Crippen LogP contribution in [0.1, 0.15) is 13.3 Å². The van der Waals surface area contributed by atoms with Crippen LogP contribution in [0.2, 0.25) is 0 Å². The van der Waals surface area contributed by atoms with E-state index in [0.29, 0.717) is 6.42 Å². The number of hydrogen-bond acceptors (Lipinski definition) is 2. The third-order valence-electron chi connectivity index (χ3n) is 3.01. The smallest absolute Gasteiger partial charge is 0.405 e. The first-order valence-electron chi connectivity index (χ1n) is 5.57. The van der Waals surface area contributed by atoms with Gasteiger partial charge in [0.1, 0.15) is 6.54 Å². The maximum Gasteiger partial charge on any atom is 0.405 e. The number of carbonyl (C=O) groups excluding carboxylic acids is 1. The minimum absolute atomic E-state index is 0.0441. The molecule has 0 aromatic rings. The number of carbonyl (C=O) groups is 2. The first-order chi connectivity index (χ1) is 8.24. The van der Waals surface area contributed by atoms with Crippen LogP contribution in [0.4, 0.5) is 18.0 Å². The van der Waals surface area contributed by atoms with Gasteiger partial charge in [-0.15, -0.1) is 0 Å². The molecule has 2 N–H and O–H groups in total. The molecule has 104 valence electrons. The molecule has 1 fully saturated rings. The zero-order chi connectivity index (χ0) is 13.9. The highest BCUT2D eigenvalue weighted by molar-refractivity contribution is 5.77. The number of likely N-dealkylation sites (tertiary alicyclic amines) is 1. The van der Waals surface area contributed by atoms with E-state index in [-0.39, 0.29) is 19.0 Å². The summed E-state index contributed by atoms with van der Waals surface area (Å²) in [5.74, 6) is -1.93. The minimum atomic E-state index is -4.47. The molecular weight excluding hydrogens is 253 g/mol. The van der Waals surface area contributed by atoms with Gasteiger partial charge in [0, 0.05) is 13.1 Å². The Morgan fingerprint density at radius 3 is 2.39 bits per heavy atom. The van der Waals surface area contributed by atoms with Gasteiger partial charge in [0.15, 0.2) is 0 Å². The Morgan fingerprint density at radius 2 is 2.00 bits per heavy atom. The number of aliphatic carboxylic acids is 1. The van der Waals surface area contributed by atoms with Crippen molar-refractivity contribution in [3.8, 4) is 0 Å². The zero-order valence-electron chi connectivity index (χ0n) is 9.83. The molecule has 0 aliphatic carbocycles. The summed E-state index contributed by atoms with van der Waals surface area (Å²) in [4.78, 5) is 23.5. The van der Waals surface area contributed by atoms with Gasteiger partial charge >= 0.3 is 18.2 Å². The van der Waals surface area contributed by atoms with Gasteiger partial charge in [-0.3, -0.25) is 4.79 Å². The lowest BCUT2D eigenvalue weighted by atomic mass is 9.94. The summed E-state index contributed by atoms with van der Waals surface area (Å²) in [6.45, 7) is 0.517. The summed E-state index contributed by atoms with van der Waals surface area (Å²) in [6.07, 6.45) is -3.90. The third-order valence-corrected chi connectivity index (χ3v) is 3.01. The van der Waals surface area contributed by atoms with Crippen molar-refractivity contribution in [2.45, 2.75) is 19.5 Å². The number of rotatable bonds is 3. The largest absolute Gasteiger partial charge is 0.481 e. The van der Waals surface area contributed by atoms with Crippen LogP contribution in [0.15, 0.2) is 0 Å². The molecule has 0 aromatic heterocycles. The van der Waals surface area contributed by atoms with Gasteiger partial charge in [0.05, 0.1) is 5.92 Å². The number of hydrogen-bond donors (Lipinski definition) is 2. The van der Waals surface area contributed by atoms with Crippen molar-refractivity contribution in [2.24, 2.45) is 11.8 Å². The number of nitrogens with zero attached hydrogens (tertiary/aromatic N) is 1. The Balaban J connectivity index is 2.54. The van der Waals surface area contributed by atoms with Crippen molar-refractivity contribution >= 4 is 12.0 Å². The normalized spacial score (nSPS) is 24.1. The van der Waals surface area contributed by atoms with Crippen molar-refractivity contribution in [1.29, 1.82) is 0 Å². The van der Waals surface area contributed by atoms with Crippen molar-refractivity contribution in [3.63, 3.8) is 0 Å². The summed E-state index contributed by atoms with van der Waals surface area (Å²) < 4.78 is 35.8. The number of carboxylic acids is 1. The monoisotopic (exact) mass is 268 g/mol. The molecular formula is C10H15F3N2O3. The first-order valence-corrected chi connectivity index (χ1v) is 5.57. The SMILES string of the molecule is CC[C@@H]1CN(C(=O)NCC(F)(F)F)CC1C(=O)O. The van der Waals surface area contributed by atoms with Crippen LogP contribution in [0, 0.1) is 11.8 Å². The van der Waals surface area contributed by atoms with Crippen LogP contribution in [0.5, 0.6) is 0 Å². The minimum Gasteiger partial charge on any atom is -0.481 e. The predicted molar refractivity (Wildman–Crippen MR) is 55.9 cm³/mol. The lowest BCUT2D eigenvalue weighted by molar-refractivity contribution is -0.142. The molecule has 1 unspecified atom stereocenters. The average Bonchev–Trinajstić information content (AvgIpc) is 2.68. The molecule has 0 radical (unpaired) electrons. The molecule has 1 aliphatic rings. The summed E-state index contributed by atoms with van der Waals surface area (Å²) in [7, 11) is 0. The molecule has 2 atom stereocenters. The Bertz CT molecular complexity index is 333. The van der Waals surface area contributed by atoms with Gasteiger partial charge in [-0.1, -0.05) is 13.3 Å². The topological polar surface area (TPSA) is 69.6 Å². The van der Waals surface area contributed by atoms with Crippen LogP contribution in [-0.2, 0) is 4.79 Å². The van der Waals surface area contributed by atoms with E-state index in [1.54, 1.807) is 12.2 Å². The molecule has 1 saturated heterocycles. The number of alkyl halides is 3. The van der Waals surface area contributed by atoms with E-state index in [2.05, 4.69) is 0 Å². The number of halogens is 3. The molecule has 1 heterocycles. The van der Waals surface area contributed by atoms with Crippen molar-refractivity contribution in [3.05, 3.63) is 0 Å². The second-order valence-corrected chi connectivity index (χ2v) is 4.29. The molecule has 2 amide bonds. The van der Waals surface area contributed by atoms with E-state index < -0.39 is 30.6 Å². The average molecular weight is 268 g/mol. The lowest BCUT2D eigenvalue weighted by Crippen LogP contribution is -2.43. The fourth-order valence-electron chi connectivity index (χ4n) is 2.02. The Kier molecular flexibility index (Phi) is 4.42. The second-order valence-electron chi connectivity index (χ2n) is 4.29. The van der Waals surface area contributed by atoms with Crippen molar-refractivity contribution < 1.29 is 27.9 Å². The molecule has 0 bridgehead atoms. The molecule has 5 nitrogen and oxygen atoms in total. The van der Waals surface area contributed by atoms with Crippen LogP contribution < -0.4 is 5.32 Å².